The molecular formula is C25H29N7O3S. The first-order chi connectivity index (χ1) is 17.0. The van der Waals surface area contributed by atoms with Gasteiger partial charge in [-0.2, -0.15) is 5.10 Å². The van der Waals surface area contributed by atoms with Gasteiger partial charge in [-0.3, -0.25) is 9.67 Å². The molecule has 0 amide bonds. The van der Waals surface area contributed by atoms with Gasteiger partial charge in [-0.1, -0.05) is 12.1 Å². The third-order valence-corrected chi connectivity index (χ3v) is 7.04. The summed E-state index contributed by atoms with van der Waals surface area (Å²) in [5.41, 5.74) is 9.12. The van der Waals surface area contributed by atoms with Crippen LogP contribution in [0.15, 0.2) is 66.1 Å². The van der Waals surface area contributed by atoms with E-state index in [2.05, 4.69) is 19.8 Å². The zero-order valence-electron chi connectivity index (χ0n) is 20.4. The molecule has 188 valence electrons. The molecule has 36 heavy (non-hydrogen) atoms. The molecule has 0 spiro atoms. The molecule has 0 saturated carbocycles. The molecule has 3 heterocycles. The number of nitrogens with one attached hydrogen (secondary N) is 1. The lowest BCUT2D eigenvalue weighted by Gasteiger charge is -2.17. The summed E-state index contributed by atoms with van der Waals surface area (Å²) in [6.07, 6.45) is 7.02. The van der Waals surface area contributed by atoms with Crippen molar-refractivity contribution in [1.29, 1.82) is 0 Å². The molecule has 0 bridgehead atoms. The minimum atomic E-state index is -3.78. The van der Waals surface area contributed by atoms with Gasteiger partial charge in [0.15, 0.2) is 0 Å². The lowest BCUT2D eigenvalue weighted by Crippen LogP contribution is -2.30. The maximum Gasteiger partial charge on any atom is 0.240 e. The number of nitrogens with zero attached hydrogens (tertiary/aromatic N) is 5. The molecule has 0 saturated heterocycles. The van der Waals surface area contributed by atoms with E-state index in [9.17, 15) is 13.5 Å². The van der Waals surface area contributed by atoms with Gasteiger partial charge in [0.25, 0.3) is 0 Å². The van der Waals surface area contributed by atoms with Gasteiger partial charge in [0.2, 0.25) is 10.0 Å². The standard InChI is InChI=1S/C25H29N7O3S/c1-17-7-8-20(36(34,35)30-11-9-25(2,3)33)12-21(17)22-14-28-24(26)23(31-22)18-13-29-32(15-18)16-19-6-4-5-10-27-19/h4-8,10,12-15,30,33H,9,11,16H2,1-3H3,(H2,26,28). The lowest BCUT2D eigenvalue weighted by atomic mass is 10.1. The molecule has 0 radical (unpaired) electrons. The summed E-state index contributed by atoms with van der Waals surface area (Å²) >= 11 is 0. The van der Waals surface area contributed by atoms with E-state index in [4.69, 9.17) is 10.7 Å². The number of nitrogens with two attached hydrogens (primary N) is 1. The van der Waals surface area contributed by atoms with Crippen LogP contribution in [-0.2, 0) is 16.6 Å². The number of nitrogen functional groups attached to an aromatic ring is 1. The Balaban J connectivity index is 1.62. The molecule has 4 N–H and O–H groups in total. The first-order valence-electron chi connectivity index (χ1n) is 11.4. The average molecular weight is 508 g/mol. The minimum Gasteiger partial charge on any atom is -0.390 e. The highest BCUT2D eigenvalue weighted by atomic mass is 32.2. The Morgan fingerprint density at radius 3 is 2.67 bits per heavy atom. The first-order valence-corrected chi connectivity index (χ1v) is 12.9. The van der Waals surface area contributed by atoms with Crippen LogP contribution in [0, 0.1) is 6.92 Å². The lowest BCUT2D eigenvalue weighted by molar-refractivity contribution is 0.0728. The second kappa shape index (κ2) is 10.1. The molecule has 4 aromatic rings. The number of aliphatic hydroxyl groups is 1. The largest absolute Gasteiger partial charge is 0.390 e. The smallest absolute Gasteiger partial charge is 0.240 e. The number of pyridine rings is 1. The van der Waals surface area contributed by atoms with Crippen molar-refractivity contribution in [2.75, 3.05) is 12.3 Å². The number of sulfonamides is 1. The van der Waals surface area contributed by atoms with Crippen LogP contribution in [0.5, 0.6) is 0 Å². The highest BCUT2D eigenvalue weighted by Crippen LogP contribution is 2.29. The predicted octanol–water partition coefficient (Wildman–Crippen LogP) is 2.78. The molecule has 11 heteroatoms. The number of anilines is 1. The Morgan fingerprint density at radius 1 is 1.14 bits per heavy atom. The molecule has 0 aliphatic heterocycles. The second-order valence-electron chi connectivity index (χ2n) is 9.17. The third kappa shape index (κ3) is 6.11. The van der Waals surface area contributed by atoms with Crippen molar-refractivity contribution in [3.63, 3.8) is 0 Å². The molecular weight excluding hydrogens is 478 g/mol. The second-order valence-corrected chi connectivity index (χ2v) is 10.9. The number of aryl methyl sites for hydroxylation is 1. The van der Waals surface area contributed by atoms with E-state index in [-0.39, 0.29) is 23.7 Å². The van der Waals surface area contributed by atoms with Crippen molar-refractivity contribution in [3.05, 3.63) is 72.4 Å². The van der Waals surface area contributed by atoms with Crippen LogP contribution in [-0.4, -0.2) is 50.4 Å². The van der Waals surface area contributed by atoms with Gasteiger partial charge in [-0.15, -0.1) is 0 Å². The highest BCUT2D eigenvalue weighted by Gasteiger charge is 2.20. The summed E-state index contributed by atoms with van der Waals surface area (Å²) < 4.78 is 30.0. The monoisotopic (exact) mass is 507 g/mol. The third-order valence-electron chi connectivity index (χ3n) is 5.58. The Kier molecular flexibility index (Phi) is 7.16. The zero-order chi connectivity index (χ0) is 25.9. The zero-order valence-corrected chi connectivity index (χ0v) is 21.2. The summed E-state index contributed by atoms with van der Waals surface area (Å²) in [7, 11) is -3.78. The Morgan fingerprint density at radius 2 is 1.94 bits per heavy atom. The van der Waals surface area contributed by atoms with Crippen LogP contribution in [0.25, 0.3) is 22.5 Å². The summed E-state index contributed by atoms with van der Waals surface area (Å²) in [6, 6.07) is 10.5. The SMILES string of the molecule is Cc1ccc(S(=O)(=O)NCCC(C)(C)O)cc1-c1cnc(N)c(-c2cnn(Cc3ccccn3)c2)n1. The van der Waals surface area contributed by atoms with Crippen molar-refractivity contribution >= 4 is 15.8 Å². The summed E-state index contributed by atoms with van der Waals surface area (Å²) in [6.45, 7) is 5.74. The first kappa shape index (κ1) is 25.4. The fourth-order valence-electron chi connectivity index (χ4n) is 3.59. The molecule has 0 atom stereocenters. The molecule has 0 unspecified atom stereocenters. The van der Waals surface area contributed by atoms with Crippen molar-refractivity contribution < 1.29 is 13.5 Å². The topological polar surface area (TPSA) is 149 Å². The van der Waals surface area contributed by atoms with Crippen molar-refractivity contribution in [1.82, 2.24) is 29.5 Å². The Hall–Kier alpha value is -3.67. The molecule has 0 aliphatic rings. The summed E-state index contributed by atoms with van der Waals surface area (Å²) in [5.74, 6) is 0.242. The van der Waals surface area contributed by atoms with Gasteiger partial charge in [-0.05, 0) is 57.0 Å². The van der Waals surface area contributed by atoms with E-state index in [1.165, 1.54) is 6.20 Å². The van der Waals surface area contributed by atoms with Crippen LogP contribution >= 0.6 is 0 Å². The van der Waals surface area contributed by atoms with Gasteiger partial charge in [0.1, 0.15) is 11.5 Å². The number of benzene rings is 1. The molecule has 3 aromatic heterocycles. The fourth-order valence-corrected chi connectivity index (χ4v) is 4.65. The van der Waals surface area contributed by atoms with E-state index < -0.39 is 15.6 Å². The van der Waals surface area contributed by atoms with Crippen LogP contribution in [0.2, 0.25) is 0 Å². The number of hydrogen-bond donors (Lipinski definition) is 3. The van der Waals surface area contributed by atoms with E-state index in [1.807, 2.05) is 31.3 Å². The van der Waals surface area contributed by atoms with Crippen LogP contribution in [0.4, 0.5) is 5.82 Å². The van der Waals surface area contributed by atoms with Crippen molar-refractivity contribution in [2.24, 2.45) is 0 Å². The van der Waals surface area contributed by atoms with Crippen LogP contribution in [0.1, 0.15) is 31.5 Å². The molecule has 0 fully saturated rings. The van der Waals surface area contributed by atoms with Crippen molar-refractivity contribution in [2.45, 2.75) is 44.2 Å². The molecule has 4 rings (SSSR count). The van der Waals surface area contributed by atoms with E-state index in [0.717, 1.165) is 11.3 Å². The van der Waals surface area contributed by atoms with Gasteiger partial charge < -0.3 is 10.8 Å². The van der Waals surface area contributed by atoms with Gasteiger partial charge in [0, 0.05) is 30.1 Å². The van der Waals surface area contributed by atoms with E-state index in [0.29, 0.717) is 29.1 Å². The Labute approximate surface area is 210 Å². The predicted molar refractivity (Wildman–Crippen MR) is 137 cm³/mol. The maximum absolute atomic E-state index is 12.8. The van der Waals surface area contributed by atoms with Gasteiger partial charge >= 0.3 is 0 Å². The van der Waals surface area contributed by atoms with Gasteiger partial charge in [0.05, 0.1) is 40.8 Å². The quantitative estimate of drug-likeness (QED) is 0.313. The highest BCUT2D eigenvalue weighted by molar-refractivity contribution is 7.89. The van der Waals surface area contributed by atoms with Crippen LogP contribution in [0.3, 0.4) is 0 Å². The number of hydrogen-bond acceptors (Lipinski definition) is 8. The number of aromatic nitrogens is 5. The van der Waals surface area contributed by atoms with Crippen LogP contribution < -0.4 is 10.5 Å². The fraction of sp³-hybridized carbons (Fsp3) is 0.280. The molecule has 10 nitrogen and oxygen atoms in total. The van der Waals surface area contributed by atoms with Crippen molar-refractivity contribution in [3.8, 4) is 22.5 Å². The molecule has 0 aliphatic carbocycles. The average Bonchev–Trinajstić information content (AvgIpc) is 3.27. The minimum absolute atomic E-state index is 0.0993. The molecule has 1 aromatic carbocycles. The maximum atomic E-state index is 12.8. The summed E-state index contributed by atoms with van der Waals surface area (Å²) in [4.78, 5) is 13.4. The normalized spacial score (nSPS) is 12.1. The van der Waals surface area contributed by atoms with E-state index >= 15 is 0 Å². The number of rotatable bonds is 9. The van der Waals surface area contributed by atoms with Gasteiger partial charge in [-0.25, -0.2) is 23.1 Å². The summed E-state index contributed by atoms with van der Waals surface area (Å²) in [5, 5.41) is 14.3. The van der Waals surface area contributed by atoms with E-state index in [1.54, 1.807) is 49.1 Å². The Bertz CT molecular complexity index is 1460.